The van der Waals surface area contributed by atoms with Gasteiger partial charge in [-0.3, -0.25) is 0 Å². The minimum atomic E-state index is -0.579. The molecule has 56 valence electrons. The Kier molecular flexibility index (Phi) is 4.15. The highest BCUT2D eigenvalue weighted by Gasteiger charge is 2.10. The monoisotopic (exact) mass is 143 g/mol. The van der Waals surface area contributed by atoms with Crippen LogP contribution in [0.25, 0.3) is 0 Å². The van der Waals surface area contributed by atoms with Gasteiger partial charge in [-0.25, -0.2) is 9.59 Å². The van der Waals surface area contributed by atoms with Crippen LogP contribution >= 0.6 is 0 Å². The number of hydrogen-bond acceptors (Lipinski definition) is 4. The first-order valence-corrected chi connectivity index (χ1v) is 2.84. The van der Waals surface area contributed by atoms with Crippen molar-refractivity contribution in [3.8, 4) is 0 Å². The third kappa shape index (κ3) is 3.80. The van der Waals surface area contributed by atoms with Crippen molar-refractivity contribution in [2.45, 2.75) is 6.92 Å². The van der Waals surface area contributed by atoms with E-state index in [-0.39, 0.29) is 0 Å². The minimum Gasteiger partial charge on any atom is -0.387 e. The molecule has 10 heavy (non-hydrogen) atoms. The summed E-state index contributed by atoms with van der Waals surface area (Å²) in [6, 6.07) is 0. The Morgan fingerprint density at radius 3 is 1.80 bits per heavy atom. The summed E-state index contributed by atoms with van der Waals surface area (Å²) in [5.74, 6) is -1.16. The van der Waals surface area contributed by atoms with Gasteiger partial charge in [0, 0.05) is 12.2 Å². The van der Waals surface area contributed by atoms with Crippen LogP contribution in [0.2, 0.25) is 0 Å². The number of esters is 2. The number of hydrogen-bond donors (Lipinski definition) is 1. The van der Waals surface area contributed by atoms with Crippen LogP contribution in [0.5, 0.6) is 0 Å². The van der Waals surface area contributed by atoms with Crippen molar-refractivity contribution in [2.24, 2.45) is 5.73 Å². The first-order valence-electron chi connectivity index (χ1n) is 2.84. The predicted molar refractivity (Wildman–Crippen MR) is 35.0 cm³/mol. The van der Waals surface area contributed by atoms with Crippen molar-refractivity contribution in [3.05, 3.63) is 12.2 Å². The second-order valence-electron chi connectivity index (χ2n) is 1.48. The molecule has 1 aliphatic heterocycles. The first kappa shape index (κ1) is 8.84. The summed E-state index contributed by atoms with van der Waals surface area (Å²) in [5, 5.41) is 0. The fraction of sp³-hybridized carbons (Fsp3) is 0.333. The number of nitrogens with two attached hydrogens (primary N) is 1. The second kappa shape index (κ2) is 4.69. The predicted octanol–water partition coefficient (Wildman–Crippen LogP) is -0.409. The van der Waals surface area contributed by atoms with E-state index < -0.39 is 11.9 Å². The molecule has 0 aromatic carbocycles. The van der Waals surface area contributed by atoms with Gasteiger partial charge in [-0.15, -0.1) is 0 Å². The number of cyclic esters (lactones) is 2. The maximum Gasteiger partial charge on any atom is 0.338 e. The molecule has 0 radical (unpaired) electrons. The molecule has 4 nitrogen and oxygen atoms in total. The Morgan fingerprint density at radius 2 is 1.70 bits per heavy atom. The fourth-order valence-electron chi connectivity index (χ4n) is 0.303. The van der Waals surface area contributed by atoms with Crippen molar-refractivity contribution in [2.75, 3.05) is 6.54 Å². The van der Waals surface area contributed by atoms with Crippen LogP contribution in [0.15, 0.2) is 12.2 Å². The minimum absolute atomic E-state index is 0.579. The molecule has 0 aromatic heterocycles. The van der Waals surface area contributed by atoms with E-state index in [1.807, 2.05) is 6.92 Å². The summed E-state index contributed by atoms with van der Waals surface area (Å²) in [5.41, 5.74) is 4.85. The lowest BCUT2D eigenvalue weighted by molar-refractivity contribution is -0.150. The number of carbonyl (C=O) groups is 2. The second-order valence-corrected chi connectivity index (χ2v) is 1.48. The van der Waals surface area contributed by atoms with E-state index in [1.54, 1.807) is 0 Å². The Morgan fingerprint density at radius 1 is 1.40 bits per heavy atom. The van der Waals surface area contributed by atoms with Crippen molar-refractivity contribution < 1.29 is 14.3 Å². The fourth-order valence-corrected chi connectivity index (χ4v) is 0.303. The van der Waals surface area contributed by atoms with E-state index in [1.165, 1.54) is 0 Å². The van der Waals surface area contributed by atoms with Crippen LogP contribution < -0.4 is 5.73 Å². The highest BCUT2D eigenvalue weighted by molar-refractivity contribution is 6.04. The quantitative estimate of drug-likeness (QED) is 0.369. The summed E-state index contributed by atoms with van der Waals surface area (Å²) in [4.78, 5) is 19.8. The SMILES string of the molecule is CCN.O=C1C=CC(=O)O1. The molecule has 0 saturated heterocycles. The van der Waals surface area contributed by atoms with Gasteiger partial charge in [-0.05, 0) is 6.54 Å². The maximum atomic E-state index is 9.92. The third-order valence-electron chi connectivity index (χ3n) is 0.557. The van der Waals surface area contributed by atoms with Gasteiger partial charge in [0.15, 0.2) is 0 Å². The average molecular weight is 143 g/mol. The molecule has 0 amide bonds. The van der Waals surface area contributed by atoms with Crippen LogP contribution in [0.1, 0.15) is 6.92 Å². The van der Waals surface area contributed by atoms with Crippen molar-refractivity contribution in [1.29, 1.82) is 0 Å². The molecule has 0 atom stereocenters. The summed E-state index contributed by atoms with van der Waals surface area (Å²) < 4.78 is 3.97. The van der Waals surface area contributed by atoms with Crippen LogP contribution in [-0.2, 0) is 14.3 Å². The van der Waals surface area contributed by atoms with Gasteiger partial charge < -0.3 is 10.5 Å². The topological polar surface area (TPSA) is 69.4 Å². The zero-order chi connectivity index (χ0) is 7.98. The van der Waals surface area contributed by atoms with E-state index in [4.69, 9.17) is 5.73 Å². The van der Waals surface area contributed by atoms with Crippen molar-refractivity contribution in [1.82, 2.24) is 0 Å². The van der Waals surface area contributed by atoms with E-state index in [0.717, 1.165) is 18.7 Å². The van der Waals surface area contributed by atoms with Gasteiger partial charge in [0.25, 0.3) is 0 Å². The Labute approximate surface area is 58.7 Å². The van der Waals surface area contributed by atoms with Crippen LogP contribution in [0.3, 0.4) is 0 Å². The zero-order valence-electron chi connectivity index (χ0n) is 5.66. The first-order chi connectivity index (χ1) is 4.70. The number of ether oxygens (including phenoxy) is 1. The molecular formula is C6H9NO3. The highest BCUT2D eigenvalue weighted by atomic mass is 16.6. The normalized spacial score (nSPS) is 14.2. The molecule has 4 heteroatoms. The van der Waals surface area contributed by atoms with E-state index in [0.29, 0.717) is 0 Å². The van der Waals surface area contributed by atoms with E-state index in [2.05, 4.69) is 4.74 Å². The summed E-state index contributed by atoms with van der Waals surface area (Å²) in [7, 11) is 0. The molecule has 0 aliphatic carbocycles. The van der Waals surface area contributed by atoms with Crippen LogP contribution in [-0.4, -0.2) is 18.5 Å². The van der Waals surface area contributed by atoms with Gasteiger partial charge in [0.05, 0.1) is 0 Å². The molecule has 1 rings (SSSR count). The van der Waals surface area contributed by atoms with Crippen LogP contribution in [0, 0.1) is 0 Å². The molecule has 0 bridgehead atoms. The third-order valence-corrected chi connectivity index (χ3v) is 0.557. The summed E-state index contributed by atoms with van der Waals surface area (Å²) in [6.45, 7) is 2.65. The standard InChI is InChI=1S/C4H2O3.C2H7N/c5-3-1-2-4(6)7-3;1-2-3/h1-2H;2-3H2,1H3. The Balaban J connectivity index is 0.000000236. The Bertz CT molecular complexity index is 146. The van der Waals surface area contributed by atoms with E-state index in [9.17, 15) is 9.59 Å². The van der Waals surface area contributed by atoms with E-state index >= 15 is 0 Å². The lowest BCUT2D eigenvalue weighted by Gasteiger charge is -1.80. The molecule has 0 fully saturated rings. The molecular weight excluding hydrogens is 134 g/mol. The van der Waals surface area contributed by atoms with Crippen molar-refractivity contribution in [3.63, 3.8) is 0 Å². The lowest BCUT2D eigenvalue weighted by atomic mass is 10.6. The lowest BCUT2D eigenvalue weighted by Crippen LogP contribution is -1.96. The summed E-state index contributed by atoms with van der Waals surface area (Å²) in [6.07, 6.45) is 2.17. The number of carbonyl (C=O) groups excluding carboxylic acids is 2. The molecule has 0 saturated carbocycles. The van der Waals surface area contributed by atoms with Crippen molar-refractivity contribution >= 4 is 11.9 Å². The maximum absolute atomic E-state index is 9.92. The zero-order valence-corrected chi connectivity index (χ0v) is 5.66. The van der Waals surface area contributed by atoms with Gasteiger partial charge in [-0.1, -0.05) is 6.92 Å². The molecule has 1 aliphatic rings. The van der Waals surface area contributed by atoms with Gasteiger partial charge in [0.1, 0.15) is 0 Å². The smallest absolute Gasteiger partial charge is 0.338 e. The van der Waals surface area contributed by atoms with Gasteiger partial charge in [0.2, 0.25) is 0 Å². The number of rotatable bonds is 0. The molecule has 1 heterocycles. The average Bonchev–Trinajstić information content (AvgIpc) is 2.17. The van der Waals surface area contributed by atoms with Gasteiger partial charge in [-0.2, -0.15) is 0 Å². The molecule has 0 spiro atoms. The van der Waals surface area contributed by atoms with Crippen LogP contribution in [0.4, 0.5) is 0 Å². The van der Waals surface area contributed by atoms with Gasteiger partial charge >= 0.3 is 11.9 Å². The molecule has 0 unspecified atom stereocenters. The summed E-state index contributed by atoms with van der Waals surface area (Å²) >= 11 is 0. The Hall–Kier alpha value is -1.16. The molecule has 2 N–H and O–H groups in total. The largest absolute Gasteiger partial charge is 0.387 e. The molecule has 0 aromatic rings. The highest BCUT2D eigenvalue weighted by Crippen LogP contribution is 1.92.